The van der Waals surface area contributed by atoms with Crippen molar-refractivity contribution in [3.8, 4) is 11.1 Å². The molecule has 2 aliphatic rings. The van der Waals surface area contributed by atoms with Crippen molar-refractivity contribution in [2.45, 2.75) is 57.4 Å². The third-order valence-electron chi connectivity index (χ3n) is 7.14. The Kier molecular flexibility index (Phi) is 8.06. The predicted octanol–water partition coefficient (Wildman–Crippen LogP) is 4.80. The van der Waals surface area contributed by atoms with Gasteiger partial charge in [-0.1, -0.05) is 55.5 Å². The summed E-state index contributed by atoms with van der Waals surface area (Å²) in [6, 6.07) is 16.5. The van der Waals surface area contributed by atoms with Crippen LogP contribution in [0.4, 0.5) is 4.79 Å². The number of ether oxygens (including phenoxy) is 1. The van der Waals surface area contributed by atoms with E-state index in [9.17, 15) is 14.4 Å². The van der Waals surface area contributed by atoms with Crippen LogP contribution in [0.25, 0.3) is 11.1 Å². The number of carboxylic acid groups (broad SMARTS) is 1. The fraction of sp³-hybridized carbons (Fsp3) is 0.464. The molecule has 0 radical (unpaired) electrons. The Labute approximate surface area is 206 Å². The molecule has 7 nitrogen and oxygen atoms in total. The van der Waals surface area contributed by atoms with E-state index in [0.29, 0.717) is 32.2 Å². The van der Waals surface area contributed by atoms with Gasteiger partial charge in [-0.3, -0.25) is 9.59 Å². The monoisotopic (exact) mass is 478 g/mol. The van der Waals surface area contributed by atoms with E-state index in [-0.39, 0.29) is 43.4 Å². The molecule has 1 saturated carbocycles. The van der Waals surface area contributed by atoms with Gasteiger partial charge in [0.1, 0.15) is 6.61 Å². The summed E-state index contributed by atoms with van der Waals surface area (Å²) in [5.74, 6) is -0.949. The molecule has 0 heterocycles. The molecule has 2 N–H and O–H groups in total. The molecule has 0 atom stereocenters. The molecule has 2 aliphatic carbocycles. The lowest BCUT2D eigenvalue weighted by Crippen LogP contribution is -2.43. The van der Waals surface area contributed by atoms with Crippen LogP contribution < -0.4 is 5.32 Å². The summed E-state index contributed by atoms with van der Waals surface area (Å²) in [6.45, 7) is 3.09. The van der Waals surface area contributed by atoms with E-state index in [2.05, 4.69) is 29.6 Å². The first kappa shape index (κ1) is 24.8. The van der Waals surface area contributed by atoms with Crippen molar-refractivity contribution in [3.05, 3.63) is 59.7 Å². The molecule has 0 unspecified atom stereocenters. The minimum Gasteiger partial charge on any atom is -0.481 e. The smallest absolute Gasteiger partial charge is 0.407 e. The van der Waals surface area contributed by atoms with Gasteiger partial charge >= 0.3 is 12.1 Å². The molecule has 0 spiro atoms. The van der Waals surface area contributed by atoms with E-state index in [4.69, 9.17) is 9.84 Å². The summed E-state index contributed by atoms with van der Waals surface area (Å²) < 4.78 is 5.66. The van der Waals surface area contributed by atoms with Gasteiger partial charge in [-0.2, -0.15) is 0 Å². The maximum absolute atomic E-state index is 12.9. The highest BCUT2D eigenvalue weighted by atomic mass is 16.5. The van der Waals surface area contributed by atoms with Gasteiger partial charge in [0, 0.05) is 31.0 Å². The van der Waals surface area contributed by atoms with Crippen molar-refractivity contribution in [3.63, 3.8) is 0 Å². The molecule has 0 aliphatic heterocycles. The van der Waals surface area contributed by atoms with E-state index >= 15 is 0 Å². The standard InChI is InChI=1S/C28H34N2O5/c1-2-16-30(17-15-26(31)32)27(33)19-11-13-20(14-12-19)29-28(34)35-18-25-23-9-5-3-7-21(23)22-8-4-6-10-24(22)25/h3-10,19-20,25H,2,11-18H2,1H3,(H,29,34)(H,31,32). The van der Waals surface area contributed by atoms with Crippen LogP contribution in [-0.2, 0) is 14.3 Å². The molecular weight excluding hydrogens is 444 g/mol. The van der Waals surface area contributed by atoms with E-state index < -0.39 is 12.1 Å². The summed E-state index contributed by atoms with van der Waals surface area (Å²) in [7, 11) is 0. The van der Waals surface area contributed by atoms with E-state index in [0.717, 1.165) is 6.42 Å². The van der Waals surface area contributed by atoms with Gasteiger partial charge in [0.05, 0.1) is 6.42 Å². The van der Waals surface area contributed by atoms with Crippen molar-refractivity contribution >= 4 is 18.0 Å². The van der Waals surface area contributed by atoms with Gasteiger partial charge < -0.3 is 20.1 Å². The summed E-state index contributed by atoms with van der Waals surface area (Å²) in [6.07, 6.45) is 3.12. The molecule has 35 heavy (non-hydrogen) atoms. The average molecular weight is 479 g/mol. The zero-order valence-electron chi connectivity index (χ0n) is 20.2. The Morgan fingerprint density at radius 1 is 0.943 bits per heavy atom. The van der Waals surface area contributed by atoms with Crippen molar-refractivity contribution < 1.29 is 24.2 Å². The first-order chi connectivity index (χ1) is 17.0. The number of nitrogens with one attached hydrogen (secondary N) is 1. The predicted molar refractivity (Wildman–Crippen MR) is 133 cm³/mol. The molecule has 4 rings (SSSR count). The van der Waals surface area contributed by atoms with Crippen LogP contribution in [0, 0.1) is 5.92 Å². The second-order valence-corrected chi connectivity index (χ2v) is 9.49. The van der Waals surface area contributed by atoms with Crippen molar-refractivity contribution in [2.24, 2.45) is 5.92 Å². The van der Waals surface area contributed by atoms with Crippen LogP contribution in [0.2, 0.25) is 0 Å². The lowest BCUT2D eigenvalue weighted by atomic mass is 9.85. The van der Waals surface area contributed by atoms with Gasteiger partial charge in [0.15, 0.2) is 0 Å². The van der Waals surface area contributed by atoms with E-state index in [1.54, 1.807) is 4.90 Å². The zero-order chi connectivity index (χ0) is 24.8. The highest BCUT2D eigenvalue weighted by Gasteiger charge is 2.32. The zero-order valence-corrected chi connectivity index (χ0v) is 20.2. The topological polar surface area (TPSA) is 95.9 Å². The van der Waals surface area contributed by atoms with Crippen LogP contribution >= 0.6 is 0 Å². The van der Waals surface area contributed by atoms with Gasteiger partial charge in [-0.25, -0.2) is 4.79 Å². The molecule has 0 saturated heterocycles. The number of carbonyl (C=O) groups excluding carboxylic acids is 2. The molecule has 0 bridgehead atoms. The van der Waals surface area contributed by atoms with E-state index in [1.807, 2.05) is 31.2 Å². The third kappa shape index (κ3) is 5.84. The van der Waals surface area contributed by atoms with Gasteiger partial charge in [0.2, 0.25) is 5.91 Å². The Bertz CT molecular complexity index is 1020. The maximum Gasteiger partial charge on any atom is 0.407 e. The summed E-state index contributed by atoms with van der Waals surface area (Å²) >= 11 is 0. The second-order valence-electron chi connectivity index (χ2n) is 9.49. The number of fused-ring (bicyclic) bond motifs is 3. The highest BCUT2D eigenvalue weighted by molar-refractivity contribution is 5.80. The number of rotatable bonds is 9. The Morgan fingerprint density at radius 3 is 2.11 bits per heavy atom. The molecule has 2 aromatic carbocycles. The number of aliphatic carboxylic acids is 1. The molecule has 7 heteroatoms. The number of hydrogen-bond donors (Lipinski definition) is 2. The number of amides is 2. The number of carboxylic acids is 1. The van der Waals surface area contributed by atoms with Crippen LogP contribution in [-0.4, -0.2) is 53.7 Å². The SMILES string of the molecule is CCCN(CCC(=O)O)C(=O)C1CCC(NC(=O)OCC2c3ccccc3-c3ccccc32)CC1. The third-order valence-corrected chi connectivity index (χ3v) is 7.14. The summed E-state index contributed by atoms with van der Waals surface area (Å²) in [5, 5.41) is 11.9. The van der Waals surface area contributed by atoms with Crippen LogP contribution in [0.5, 0.6) is 0 Å². The van der Waals surface area contributed by atoms with Crippen molar-refractivity contribution in [1.82, 2.24) is 10.2 Å². The van der Waals surface area contributed by atoms with Gasteiger partial charge in [0.25, 0.3) is 0 Å². The Hall–Kier alpha value is -3.35. The van der Waals surface area contributed by atoms with Crippen molar-refractivity contribution in [1.29, 1.82) is 0 Å². The second kappa shape index (κ2) is 11.4. The van der Waals surface area contributed by atoms with Gasteiger partial charge in [-0.15, -0.1) is 0 Å². The van der Waals surface area contributed by atoms with Gasteiger partial charge in [-0.05, 0) is 54.4 Å². The molecule has 186 valence electrons. The quantitative estimate of drug-likeness (QED) is 0.540. The molecular formula is C28H34N2O5. The highest BCUT2D eigenvalue weighted by Crippen LogP contribution is 2.44. The first-order valence-electron chi connectivity index (χ1n) is 12.6. The Morgan fingerprint density at radius 2 is 1.54 bits per heavy atom. The molecule has 1 fully saturated rings. The minimum atomic E-state index is -0.894. The number of carbonyl (C=O) groups is 3. The van der Waals surface area contributed by atoms with Crippen LogP contribution in [0.1, 0.15) is 62.5 Å². The summed E-state index contributed by atoms with van der Waals surface area (Å²) in [5.41, 5.74) is 4.75. The molecule has 2 aromatic rings. The van der Waals surface area contributed by atoms with Crippen LogP contribution in [0.3, 0.4) is 0 Å². The number of nitrogens with zero attached hydrogens (tertiary/aromatic N) is 1. The lowest BCUT2D eigenvalue weighted by molar-refractivity contribution is -0.140. The average Bonchev–Trinajstić information content (AvgIpc) is 3.19. The maximum atomic E-state index is 12.9. The lowest BCUT2D eigenvalue weighted by Gasteiger charge is -2.32. The van der Waals surface area contributed by atoms with E-state index in [1.165, 1.54) is 22.3 Å². The normalized spacial score (nSPS) is 18.9. The van der Waals surface area contributed by atoms with Crippen LogP contribution in [0.15, 0.2) is 48.5 Å². The fourth-order valence-electron chi connectivity index (χ4n) is 5.38. The minimum absolute atomic E-state index is 0.0201. The largest absolute Gasteiger partial charge is 0.481 e. The summed E-state index contributed by atoms with van der Waals surface area (Å²) in [4.78, 5) is 38.1. The Balaban J connectivity index is 1.26. The number of hydrogen-bond acceptors (Lipinski definition) is 4. The first-order valence-corrected chi connectivity index (χ1v) is 12.6. The number of alkyl carbamates (subject to hydrolysis) is 1. The molecule has 0 aromatic heterocycles. The number of benzene rings is 2. The fourth-order valence-corrected chi connectivity index (χ4v) is 5.38. The molecule has 2 amide bonds. The van der Waals surface area contributed by atoms with Crippen molar-refractivity contribution in [2.75, 3.05) is 19.7 Å².